The van der Waals surface area contributed by atoms with Gasteiger partial charge < -0.3 is 0 Å². The van der Waals surface area contributed by atoms with Gasteiger partial charge in [-0.2, -0.15) is 0 Å². The molecule has 0 aliphatic rings. The molecular formula is C23H19FN2OS. The number of para-hydroxylation sites is 2. The molecule has 140 valence electrons. The zero-order chi connectivity index (χ0) is 19.5. The van der Waals surface area contributed by atoms with Crippen molar-refractivity contribution in [2.45, 2.75) is 19.8 Å². The van der Waals surface area contributed by atoms with Crippen molar-refractivity contribution in [3.63, 3.8) is 0 Å². The van der Waals surface area contributed by atoms with Crippen LogP contribution < -0.4 is 4.90 Å². The SMILES string of the molecule is Cc1ccccc1N(C(=O)CCc1ccccc1F)c1nc2ccccc2s1. The Bertz CT molecular complexity index is 1110. The number of carbonyl (C=O) groups excluding carboxylic acids is 1. The maximum Gasteiger partial charge on any atom is 0.233 e. The molecule has 0 bridgehead atoms. The summed E-state index contributed by atoms with van der Waals surface area (Å²) in [5.74, 6) is -0.380. The molecule has 0 aliphatic carbocycles. The number of fused-ring (bicyclic) bond motifs is 1. The first-order chi connectivity index (χ1) is 13.6. The molecule has 1 amide bonds. The molecule has 0 unspecified atom stereocenters. The van der Waals surface area contributed by atoms with E-state index >= 15 is 0 Å². The van der Waals surface area contributed by atoms with Crippen molar-refractivity contribution in [1.29, 1.82) is 0 Å². The summed E-state index contributed by atoms with van der Waals surface area (Å²) in [6.07, 6.45) is 0.546. The molecule has 28 heavy (non-hydrogen) atoms. The van der Waals surface area contributed by atoms with Gasteiger partial charge in [-0.05, 0) is 48.7 Å². The molecule has 4 aromatic rings. The van der Waals surface area contributed by atoms with E-state index in [0.717, 1.165) is 21.5 Å². The van der Waals surface area contributed by atoms with Crippen molar-refractivity contribution in [2.24, 2.45) is 0 Å². The van der Waals surface area contributed by atoms with Gasteiger partial charge in [0.2, 0.25) is 5.91 Å². The van der Waals surface area contributed by atoms with Crippen molar-refractivity contribution in [2.75, 3.05) is 4.90 Å². The fourth-order valence-electron chi connectivity index (χ4n) is 3.17. The number of amides is 1. The molecule has 0 spiro atoms. The van der Waals surface area contributed by atoms with E-state index in [0.29, 0.717) is 17.1 Å². The lowest BCUT2D eigenvalue weighted by molar-refractivity contribution is -0.117. The lowest BCUT2D eigenvalue weighted by atomic mass is 10.1. The summed E-state index contributed by atoms with van der Waals surface area (Å²) in [5, 5.41) is 0.633. The summed E-state index contributed by atoms with van der Waals surface area (Å²) in [4.78, 5) is 19.6. The molecule has 0 fully saturated rings. The van der Waals surface area contributed by atoms with Gasteiger partial charge in [-0.1, -0.05) is 59.9 Å². The third kappa shape index (κ3) is 3.66. The second-order valence-electron chi connectivity index (χ2n) is 6.57. The second-order valence-corrected chi connectivity index (χ2v) is 7.58. The Kier molecular flexibility index (Phi) is 5.17. The van der Waals surface area contributed by atoms with Crippen LogP contribution in [0.5, 0.6) is 0 Å². The molecule has 0 saturated heterocycles. The molecule has 0 radical (unpaired) electrons. The van der Waals surface area contributed by atoms with E-state index in [4.69, 9.17) is 0 Å². The van der Waals surface area contributed by atoms with Crippen LogP contribution in [0.15, 0.2) is 72.8 Å². The van der Waals surface area contributed by atoms with Crippen LogP contribution in [0.4, 0.5) is 15.2 Å². The van der Waals surface area contributed by atoms with Gasteiger partial charge in [0.05, 0.1) is 15.9 Å². The summed E-state index contributed by atoms with van der Waals surface area (Å²) in [6.45, 7) is 1.97. The van der Waals surface area contributed by atoms with Crippen LogP contribution in [0.1, 0.15) is 17.5 Å². The second kappa shape index (κ2) is 7.90. The van der Waals surface area contributed by atoms with Crippen LogP contribution in [0, 0.1) is 12.7 Å². The Morgan fingerprint density at radius 3 is 2.50 bits per heavy atom. The summed E-state index contributed by atoms with van der Waals surface area (Å²) in [5.41, 5.74) is 3.20. The van der Waals surface area contributed by atoms with Crippen LogP contribution >= 0.6 is 11.3 Å². The van der Waals surface area contributed by atoms with Crippen molar-refractivity contribution in [3.8, 4) is 0 Å². The van der Waals surface area contributed by atoms with Gasteiger partial charge in [0.1, 0.15) is 5.82 Å². The van der Waals surface area contributed by atoms with Crippen LogP contribution in [-0.2, 0) is 11.2 Å². The van der Waals surface area contributed by atoms with Crippen molar-refractivity contribution < 1.29 is 9.18 Å². The summed E-state index contributed by atoms with van der Waals surface area (Å²) in [6, 6.07) is 22.2. The number of carbonyl (C=O) groups is 1. The predicted molar refractivity (Wildman–Crippen MR) is 113 cm³/mol. The third-order valence-electron chi connectivity index (χ3n) is 4.65. The van der Waals surface area contributed by atoms with Crippen LogP contribution in [0.25, 0.3) is 10.2 Å². The van der Waals surface area contributed by atoms with Gasteiger partial charge in [-0.3, -0.25) is 9.69 Å². The molecule has 0 atom stereocenters. The fraction of sp³-hybridized carbons (Fsp3) is 0.130. The average molecular weight is 390 g/mol. The topological polar surface area (TPSA) is 33.2 Å². The predicted octanol–water partition coefficient (Wildman–Crippen LogP) is 6.04. The molecule has 1 heterocycles. The van der Waals surface area contributed by atoms with Crippen LogP contribution in [-0.4, -0.2) is 10.9 Å². The first-order valence-electron chi connectivity index (χ1n) is 9.11. The van der Waals surface area contributed by atoms with Crippen LogP contribution in [0.3, 0.4) is 0 Å². The average Bonchev–Trinajstić information content (AvgIpc) is 3.12. The van der Waals surface area contributed by atoms with Gasteiger partial charge in [-0.15, -0.1) is 0 Å². The molecule has 0 saturated carbocycles. The van der Waals surface area contributed by atoms with Gasteiger partial charge in [-0.25, -0.2) is 9.37 Å². The lowest BCUT2D eigenvalue weighted by Crippen LogP contribution is -2.26. The van der Waals surface area contributed by atoms with E-state index in [1.54, 1.807) is 23.1 Å². The smallest absolute Gasteiger partial charge is 0.233 e. The molecule has 4 rings (SSSR count). The first-order valence-corrected chi connectivity index (χ1v) is 9.93. The van der Waals surface area contributed by atoms with Crippen LogP contribution in [0.2, 0.25) is 0 Å². The van der Waals surface area contributed by atoms with Gasteiger partial charge >= 0.3 is 0 Å². The third-order valence-corrected chi connectivity index (χ3v) is 5.67. The number of thiazole rings is 1. The van der Waals surface area contributed by atoms with E-state index < -0.39 is 0 Å². The highest BCUT2D eigenvalue weighted by molar-refractivity contribution is 7.22. The highest BCUT2D eigenvalue weighted by atomic mass is 32.1. The zero-order valence-corrected chi connectivity index (χ0v) is 16.2. The highest BCUT2D eigenvalue weighted by Gasteiger charge is 2.23. The number of halogens is 1. The van der Waals surface area contributed by atoms with E-state index in [1.165, 1.54) is 17.4 Å². The minimum Gasteiger partial charge on any atom is -0.274 e. The summed E-state index contributed by atoms with van der Waals surface area (Å²) >= 11 is 1.48. The van der Waals surface area contributed by atoms with E-state index in [9.17, 15) is 9.18 Å². The van der Waals surface area contributed by atoms with E-state index in [-0.39, 0.29) is 18.1 Å². The molecule has 3 nitrogen and oxygen atoms in total. The standard InChI is InChI=1S/C23H19FN2OS/c1-16-8-2-6-12-20(16)26(23-25-19-11-5-7-13-21(19)28-23)22(27)15-14-17-9-3-4-10-18(17)24/h2-13H,14-15H2,1H3. The number of aryl methyl sites for hydroxylation is 2. The number of rotatable bonds is 5. The van der Waals surface area contributed by atoms with E-state index in [2.05, 4.69) is 4.98 Å². The van der Waals surface area contributed by atoms with E-state index in [1.807, 2.05) is 55.5 Å². The van der Waals surface area contributed by atoms with Crippen molar-refractivity contribution in [1.82, 2.24) is 4.98 Å². The summed E-state index contributed by atoms with van der Waals surface area (Å²) in [7, 11) is 0. The number of aromatic nitrogens is 1. The highest BCUT2D eigenvalue weighted by Crippen LogP contribution is 2.35. The monoisotopic (exact) mass is 390 g/mol. The Balaban J connectivity index is 1.69. The quantitative estimate of drug-likeness (QED) is 0.416. The van der Waals surface area contributed by atoms with Gasteiger partial charge in [0.25, 0.3) is 0 Å². The fourth-order valence-corrected chi connectivity index (χ4v) is 4.17. The Labute approximate surface area is 167 Å². The normalized spacial score (nSPS) is 10.9. The van der Waals surface area contributed by atoms with Crippen molar-refractivity contribution in [3.05, 3.63) is 89.7 Å². The minimum atomic E-state index is -0.280. The van der Waals surface area contributed by atoms with Gasteiger partial charge in [0, 0.05) is 6.42 Å². The maximum atomic E-state index is 14.0. The number of hydrogen-bond donors (Lipinski definition) is 0. The largest absolute Gasteiger partial charge is 0.274 e. The number of hydrogen-bond acceptors (Lipinski definition) is 3. The molecular weight excluding hydrogens is 371 g/mol. The Morgan fingerprint density at radius 2 is 1.71 bits per heavy atom. The molecule has 3 aromatic carbocycles. The molecule has 1 aromatic heterocycles. The Morgan fingerprint density at radius 1 is 1.00 bits per heavy atom. The maximum absolute atomic E-state index is 14.0. The number of nitrogens with zero attached hydrogens (tertiary/aromatic N) is 2. The molecule has 0 aliphatic heterocycles. The Hall–Kier alpha value is -3.05. The number of anilines is 2. The van der Waals surface area contributed by atoms with Gasteiger partial charge in [0.15, 0.2) is 5.13 Å². The first kappa shape index (κ1) is 18.3. The minimum absolute atomic E-state index is 0.100. The van der Waals surface area contributed by atoms with Crippen molar-refractivity contribution >= 4 is 38.3 Å². The molecule has 5 heteroatoms. The summed E-state index contributed by atoms with van der Waals surface area (Å²) < 4.78 is 15.0. The molecule has 0 N–H and O–H groups in total. The number of benzene rings is 3. The lowest BCUT2D eigenvalue weighted by Gasteiger charge is -2.22. The zero-order valence-electron chi connectivity index (χ0n) is 15.4.